The van der Waals surface area contributed by atoms with Gasteiger partial charge in [-0.05, 0) is 44.6 Å². The van der Waals surface area contributed by atoms with E-state index in [2.05, 4.69) is 47.4 Å². The van der Waals surface area contributed by atoms with E-state index in [1.807, 2.05) is 37.3 Å². The maximum atomic E-state index is 13.6. The Morgan fingerprint density at radius 2 is 2.02 bits per heavy atom. The van der Waals surface area contributed by atoms with Crippen LogP contribution in [-0.4, -0.2) is 65.9 Å². The van der Waals surface area contributed by atoms with Gasteiger partial charge in [-0.15, -0.1) is 13.2 Å². The van der Waals surface area contributed by atoms with Gasteiger partial charge >= 0.3 is 6.36 Å². The molecule has 4 aromatic rings. The highest BCUT2D eigenvalue weighted by atomic mass is 19.4. The summed E-state index contributed by atoms with van der Waals surface area (Å²) in [6.45, 7) is 13.1. The third-order valence-corrected chi connectivity index (χ3v) is 7.28. The molecule has 44 heavy (non-hydrogen) atoms. The highest BCUT2D eigenvalue weighted by Gasteiger charge is 2.33. The number of aromatic nitrogens is 3. The van der Waals surface area contributed by atoms with Crippen LogP contribution in [-0.2, 0) is 17.8 Å². The molecule has 1 amide bonds. The van der Waals surface area contributed by atoms with Crippen LogP contribution in [0, 0.1) is 6.57 Å². The van der Waals surface area contributed by atoms with Crippen LogP contribution in [0.1, 0.15) is 12.0 Å². The number of carbonyl (C=O) groups is 1. The second-order valence-corrected chi connectivity index (χ2v) is 10.6. The number of hydrogen-bond acceptors (Lipinski definition) is 7. The number of nitrogens with one attached hydrogen (secondary N) is 2. The minimum Gasteiger partial charge on any atom is -0.403 e. The van der Waals surface area contributed by atoms with Crippen molar-refractivity contribution in [3.8, 4) is 17.0 Å². The number of hydrogen-bond donors (Lipinski definition) is 2. The molecule has 0 fully saturated rings. The van der Waals surface area contributed by atoms with Crippen molar-refractivity contribution in [3.63, 3.8) is 0 Å². The summed E-state index contributed by atoms with van der Waals surface area (Å²) in [5.74, 6) is -1.15. The average Bonchev–Trinajstić information content (AvgIpc) is 3.36. The van der Waals surface area contributed by atoms with E-state index in [-0.39, 0.29) is 23.0 Å². The number of nitrogens with zero attached hydrogens (tertiary/aromatic N) is 6. The topological polar surface area (TPSA) is 91.9 Å². The van der Waals surface area contributed by atoms with E-state index in [0.29, 0.717) is 24.5 Å². The SMILES string of the molecule is [C-]#[N+]c1cnc(Nc2cc(NC(=O)C=C)c(N(C)CCN(C)C)cc2OC(F)(F)F)nc1-c1cn2c3c(cccc13)CCC2. The monoisotopic (exact) mass is 604 g/mol. The Labute approximate surface area is 252 Å². The highest BCUT2D eigenvalue weighted by molar-refractivity contribution is 6.02. The fraction of sp³-hybridized carbons (Fsp3) is 0.290. The Morgan fingerprint density at radius 1 is 1.23 bits per heavy atom. The van der Waals surface area contributed by atoms with Gasteiger partial charge in [-0.25, -0.2) is 14.8 Å². The number of para-hydroxylation sites is 1. The summed E-state index contributed by atoms with van der Waals surface area (Å²) in [6.07, 6.45) is 1.27. The maximum Gasteiger partial charge on any atom is 0.573 e. The molecule has 0 aliphatic carbocycles. The molecule has 0 unspecified atom stereocenters. The number of likely N-dealkylation sites (N-methyl/N-ethyl adjacent to an activating group) is 2. The first kappa shape index (κ1) is 30.4. The Morgan fingerprint density at radius 3 is 2.73 bits per heavy atom. The molecule has 13 heteroatoms. The molecule has 0 bridgehead atoms. The van der Waals surface area contributed by atoms with E-state index in [0.717, 1.165) is 41.9 Å². The van der Waals surface area contributed by atoms with Crippen LogP contribution in [0.5, 0.6) is 5.75 Å². The van der Waals surface area contributed by atoms with E-state index >= 15 is 0 Å². The Hall–Kier alpha value is -5.09. The molecule has 1 aliphatic heterocycles. The van der Waals surface area contributed by atoms with E-state index in [1.54, 1.807) is 11.9 Å². The number of rotatable bonds is 10. The van der Waals surface area contributed by atoms with Crippen molar-refractivity contribution in [1.29, 1.82) is 0 Å². The molecule has 0 atom stereocenters. The van der Waals surface area contributed by atoms with Gasteiger partial charge in [0.1, 0.15) is 0 Å². The van der Waals surface area contributed by atoms with E-state index < -0.39 is 18.0 Å². The Kier molecular flexibility index (Phi) is 8.46. The van der Waals surface area contributed by atoms with Gasteiger partial charge in [0, 0.05) is 56.1 Å². The Bertz CT molecular complexity index is 1770. The van der Waals surface area contributed by atoms with Crippen LogP contribution in [0.15, 0.2) is 55.4 Å². The fourth-order valence-corrected chi connectivity index (χ4v) is 5.23. The van der Waals surface area contributed by atoms with Crippen LogP contribution in [0.2, 0.25) is 0 Å². The second kappa shape index (κ2) is 12.3. The summed E-state index contributed by atoms with van der Waals surface area (Å²) >= 11 is 0. The quantitative estimate of drug-likeness (QED) is 0.161. The molecule has 3 heterocycles. The third kappa shape index (κ3) is 6.45. The minimum atomic E-state index is -5.01. The van der Waals surface area contributed by atoms with E-state index in [9.17, 15) is 18.0 Å². The van der Waals surface area contributed by atoms with Crippen LogP contribution in [0.25, 0.3) is 27.0 Å². The zero-order valence-electron chi connectivity index (χ0n) is 24.5. The van der Waals surface area contributed by atoms with Crippen LogP contribution in [0.4, 0.5) is 41.9 Å². The van der Waals surface area contributed by atoms with Gasteiger partial charge in [0.25, 0.3) is 0 Å². The van der Waals surface area contributed by atoms with Crippen LogP contribution >= 0.6 is 0 Å². The van der Waals surface area contributed by atoms with Gasteiger partial charge in [-0.3, -0.25) is 4.79 Å². The van der Waals surface area contributed by atoms with Crippen molar-refractivity contribution in [2.45, 2.75) is 25.7 Å². The summed E-state index contributed by atoms with van der Waals surface area (Å²) in [7, 11) is 5.44. The molecule has 2 aromatic heterocycles. The zero-order chi connectivity index (χ0) is 31.6. The van der Waals surface area contributed by atoms with Gasteiger partial charge in [0.15, 0.2) is 5.75 Å². The lowest BCUT2D eigenvalue weighted by atomic mass is 10.0. The largest absolute Gasteiger partial charge is 0.573 e. The van der Waals surface area contributed by atoms with Gasteiger partial charge < -0.3 is 29.7 Å². The van der Waals surface area contributed by atoms with E-state index in [1.165, 1.54) is 23.9 Å². The molecule has 0 radical (unpaired) electrons. The molecule has 2 aromatic carbocycles. The normalized spacial score (nSPS) is 12.6. The van der Waals surface area contributed by atoms with Gasteiger partial charge in [0.2, 0.25) is 17.5 Å². The number of aryl methyl sites for hydroxylation is 2. The molecular weight excluding hydrogens is 573 g/mol. The number of carbonyl (C=O) groups excluding carboxylic acids is 1. The average molecular weight is 605 g/mol. The molecule has 1 aliphatic rings. The number of alkyl halides is 3. The first-order valence-corrected chi connectivity index (χ1v) is 13.8. The van der Waals surface area contributed by atoms with Gasteiger partial charge in [0.05, 0.1) is 34.8 Å². The summed E-state index contributed by atoms with van der Waals surface area (Å²) in [4.78, 5) is 28.4. The molecule has 0 saturated heterocycles. The van der Waals surface area contributed by atoms with Crippen molar-refractivity contribution in [2.75, 3.05) is 49.8 Å². The molecular formula is C31H31F3N8O2. The lowest BCUT2D eigenvalue weighted by molar-refractivity contribution is -0.274. The van der Waals surface area contributed by atoms with Crippen molar-refractivity contribution in [2.24, 2.45) is 0 Å². The molecule has 2 N–H and O–H groups in total. The van der Waals surface area contributed by atoms with Crippen molar-refractivity contribution < 1.29 is 22.7 Å². The first-order valence-electron chi connectivity index (χ1n) is 13.8. The molecule has 5 rings (SSSR count). The number of amides is 1. The molecule has 0 saturated carbocycles. The second-order valence-electron chi connectivity index (χ2n) is 10.6. The van der Waals surface area contributed by atoms with Crippen molar-refractivity contribution in [1.82, 2.24) is 19.4 Å². The highest BCUT2D eigenvalue weighted by Crippen LogP contribution is 2.42. The lowest BCUT2D eigenvalue weighted by Gasteiger charge is -2.26. The molecule has 228 valence electrons. The smallest absolute Gasteiger partial charge is 0.403 e. The summed E-state index contributed by atoms with van der Waals surface area (Å²) in [5, 5.41) is 6.43. The van der Waals surface area contributed by atoms with Gasteiger partial charge in [-0.2, -0.15) is 0 Å². The summed E-state index contributed by atoms with van der Waals surface area (Å²) < 4.78 is 47.4. The molecule has 10 nitrogen and oxygen atoms in total. The minimum absolute atomic E-state index is 0.0546. The molecule has 0 spiro atoms. The van der Waals surface area contributed by atoms with Crippen LogP contribution < -0.4 is 20.3 Å². The van der Waals surface area contributed by atoms with Crippen molar-refractivity contribution in [3.05, 3.63) is 72.4 Å². The Balaban J connectivity index is 1.61. The number of ether oxygens (including phenoxy) is 1. The first-order chi connectivity index (χ1) is 21.0. The number of benzene rings is 2. The summed E-state index contributed by atoms with van der Waals surface area (Å²) in [5.41, 5.74) is 3.93. The predicted octanol–water partition coefficient (Wildman–Crippen LogP) is 6.36. The van der Waals surface area contributed by atoms with Gasteiger partial charge in [-0.1, -0.05) is 24.8 Å². The number of halogens is 3. The summed E-state index contributed by atoms with van der Waals surface area (Å²) in [6, 6.07) is 8.54. The predicted molar refractivity (Wildman–Crippen MR) is 165 cm³/mol. The number of anilines is 4. The van der Waals surface area contributed by atoms with Crippen molar-refractivity contribution >= 4 is 45.5 Å². The van der Waals surface area contributed by atoms with Crippen LogP contribution in [0.3, 0.4) is 0 Å². The maximum absolute atomic E-state index is 13.6. The standard InChI is InChI=1S/C31H31F3N8O2/c1-6-27(43)37-22-15-23(26(44-31(32,33)34)16-25(22)41(5)14-13-40(3)4)38-30-36-17-24(35-2)28(39-30)21-18-42-12-8-10-19-9-7-11-20(21)29(19)42/h6-7,9,11,15-18H,1,8,10,12-14H2,3-5H3,(H,37,43)(H,36,38,39). The van der Waals surface area contributed by atoms with E-state index in [4.69, 9.17) is 6.57 Å². The fourth-order valence-electron chi connectivity index (χ4n) is 5.23. The zero-order valence-corrected chi connectivity index (χ0v) is 24.5. The third-order valence-electron chi connectivity index (χ3n) is 7.28. The lowest BCUT2D eigenvalue weighted by Crippen LogP contribution is -2.29.